The van der Waals surface area contributed by atoms with Crippen LogP contribution in [0.5, 0.6) is 0 Å². The standard InChI is InChI=1S/C13H24N2O2S/c1-10(2)17-12(16)15-13(11(14)18)8-6-4-3-5-7-9-13/h10H,3-9H2,1-2H3,(H2,14,18)(H,15,16). The smallest absolute Gasteiger partial charge is 0.408 e. The Labute approximate surface area is 115 Å². The fourth-order valence-electron chi connectivity index (χ4n) is 2.38. The molecule has 5 heteroatoms. The molecule has 0 radical (unpaired) electrons. The lowest BCUT2D eigenvalue weighted by Crippen LogP contribution is -2.57. The van der Waals surface area contributed by atoms with Crippen LogP contribution in [-0.2, 0) is 4.74 Å². The van der Waals surface area contributed by atoms with E-state index in [1.807, 2.05) is 13.8 Å². The molecule has 0 bridgehead atoms. The summed E-state index contributed by atoms with van der Waals surface area (Å²) in [6, 6.07) is 0. The Hall–Kier alpha value is -0.840. The third-order valence-electron chi connectivity index (χ3n) is 3.36. The molecule has 0 saturated heterocycles. The largest absolute Gasteiger partial charge is 0.447 e. The molecule has 104 valence electrons. The zero-order chi connectivity index (χ0) is 13.6. The average Bonchev–Trinajstić information content (AvgIpc) is 2.20. The van der Waals surface area contributed by atoms with Gasteiger partial charge in [-0.3, -0.25) is 0 Å². The molecule has 0 aromatic heterocycles. The highest BCUT2D eigenvalue weighted by Gasteiger charge is 2.35. The van der Waals surface area contributed by atoms with Crippen LogP contribution >= 0.6 is 12.2 Å². The number of alkyl carbamates (subject to hydrolysis) is 1. The highest BCUT2D eigenvalue weighted by Crippen LogP contribution is 2.27. The predicted molar refractivity (Wildman–Crippen MR) is 76.6 cm³/mol. The van der Waals surface area contributed by atoms with Gasteiger partial charge in [-0.15, -0.1) is 0 Å². The normalized spacial score (nSPS) is 19.7. The van der Waals surface area contributed by atoms with Crippen LogP contribution in [0, 0.1) is 0 Å². The molecule has 0 spiro atoms. The zero-order valence-corrected chi connectivity index (χ0v) is 12.1. The van der Waals surface area contributed by atoms with Gasteiger partial charge in [-0.25, -0.2) is 4.79 Å². The quantitative estimate of drug-likeness (QED) is 0.775. The summed E-state index contributed by atoms with van der Waals surface area (Å²) in [6.45, 7) is 3.65. The molecular weight excluding hydrogens is 248 g/mol. The van der Waals surface area contributed by atoms with Gasteiger partial charge in [-0.05, 0) is 26.7 Å². The molecule has 1 aliphatic rings. The van der Waals surface area contributed by atoms with Crippen molar-refractivity contribution in [1.29, 1.82) is 0 Å². The minimum absolute atomic E-state index is 0.137. The summed E-state index contributed by atoms with van der Waals surface area (Å²) in [5.74, 6) is 0. The second-order valence-electron chi connectivity index (χ2n) is 5.29. The monoisotopic (exact) mass is 272 g/mol. The van der Waals surface area contributed by atoms with E-state index in [-0.39, 0.29) is 6.10 Å². The molecule has 0 aliphatic heterocycles. The highest BCUT2D eigenvalue weighted by atomic mass is 32.1. The van der Waals surface area contributed by atoms with Crippen LogP contribution in [0.25, 0.3) is 0 Å². The Morgan fingerprint density at radius 2 is 1.72 bits per heavy atom. The first kappa shape index (κ1) is 15.2. The van der Waals surface area contributed by atoms with E-state index in [0.717, 1.165) is 25.7 Å². The van der Waals surface area contributed by atoms with E-state index in [1.165, 1.54) is 19.3 Å². The lowest BCUT2D eigenvalue weighted by Gasteiger charge is -2.35. The first-order valence-electron chi connectivity index (χ1n) is 6.75. The van der Waals surface area contributed by atoms with E-state index in [0.29, 0.717) is 4.99 Å². The summed E-state index contributed by atoms with van der Waals surface area (Å²) in [6.07, 6.45) is 6.75. The molecule has 3 N–H and O–H groups in total. The number of nitrogens with two attached hydrogens (primary N) is 1. The Morgan fingerprint density at radius 1 is 1.22 bits per heavy atom. The predicted octanol–water partition coefficient (Wildman–Crippen LogP) is 2.89. The van der Waals surface area contributed by atoms with Crippen molar-refractivity contribution in [2.75, 3.05) is 0 Å². The van der Waals surface area contributed by atoms with Crippen LogP contribution < -0.4 is 11.1 Å². The van der Waals surface area contributed by atoms with Crippen LogP contribution in [0.3, 0.4) is 0 Å². The lowest BCUT2D eigenvalue weighted by atomic mass is 9.84. The van der Waals surface area contributed by atoms with E-state index >= 15 is 0 Å². The van der Waals surface area contributed by atoms with Crippen LogP contribution in [0.1, 0.15) is 58.8 Å². The second-order valence-corrected chi connectivity index (χ2v) is 5.73. The third kappa shape index (κ3) is 4.44. The number of carbonyl (C=O) groups is 1. The molecule has 18 heavy (non-hydrogen) atoms. The van der Waals surface area contributed by atoms with Crippen molar-refractivity contribution >= 4 is 23.3 Å². The van der Waals surface area contributed by atoms with E-state index in [4.69, 9.17) is 22.7 Å². The van der Waals surface area contributed by atoms with Crippen molar-refractivity contribution in [3.05, 3.63) is 0 Å². The molecular formula is C13H24N2O2S. The molecule has 1 amide bonds. The molecule has 0 heterocycles. The van der Waals surface area contributed by atoms with Crippen molar-refractivity contribution in [2.24, 2.45) is 5.73 Å². The summed E-state index contributed by atoms with van der Waals surface area (Å²) in [7, 11) is 0. The highest BCUT2D eigenvalue weighted by molar-refractivity contribution is 7.80. The van der Waals surface area contributed by atoms with Gasteiger partial charge in [0.1, 0.15) is 0 Å². The van der Waals surface area contributed by atoms with Crippen molar-refractivity contribution in [2.45, 2.75) is 70.4 Å². The number of ether oxygens (including phenoxy) is 1. The molecule has 0 aromatic rings. The number of rotatable bonds is 3. The Morgan fingerprint density at radius 3 is 2.17 bits per heavy atom. The van der Waals surface area contributed by atoms with Crippen LogP contribution in [-0.4, -0.2) is 22.7 Å². The molecule has 1 fully saturated rings. The summed E-state index contributed by atoms with van der Waals surface area (Å²) in [5, 5.41) is 2.90. The maximum Gasteiger partial charge on any atom is 0.408 e. The summed E-state index contributed by atoms with van der Waals surface area (Å²) >= 11 is 5.17. The van der Waals surface area contributed by atoms with Crippen LogP contribution in [0.2, 0.25) is 0 Å². The van der Waals surface area contributed by atoms with Gasteiger partial charge in [0, 0.05) is 0 Å². The zero-order valence-electron chi connectivity index (χ0n) is 11.3. The molecule has 0 unspecified atom stereocenters. The summed E-state index contributed by atoms with van der Waals surface area (Å²) < 4.78 is 5.13. The fraction of sp³-hybridized carbons (Fsp3) is 0.846. The molecule has 1 aliphatic carbocycles. The maximum atomic E-state index is 11.8. The Kier molecular flexibility index (Phi) is 5.85. The van der Waals surface area contributed by atoms with E-state index < -0.39 is 11.6 Å². The van der Waals surface area contributed by atoms with E-state index in [9.17, 15) is 4.79 Å². The van der Waals surface area contributed by atoms with Gasteiger partial charge in [-0.2, -0.15) is 0 Å². The van der Waals surface area contributed by atoms with Gasteiger partial charge in [0.2, 0.25) is 0 Å². The number of thiocarbonyl (C=S) groups is 1. The number of hydrogen-bond donors (Lipinski definition) is 2. The first-order valence-corrected chi connectivity index (χ1v) is 7.16. The van der Waals surface area contributed by atoms with Crippen LogP contribution in [0.15, 0.2) is 0 Å². The molecule has 0 atom stereocenters. The van der Waals surface area contributed by atoms with Gasteiger partial charge in [0.25, 0.3) is 0 Å². The van der Waals surface area contributed by atoms with Crippen molar-refractivity contribution in [3.63, 3.8) is 0 Å². The molecule has 1 rings (SSSR count). The van der Waals surface area contributed by atoms with Gasteiger partial charge in [-0.1, -0.05) is 44.3 Å². The average molecular weight is 272 g/mol. The molecule has 0 aromatic carbocycles. The Bertz CT molecular complexity index is 297. The topological polar surface area (TPSA) is 64.3 Å². The second kappa shape index (κ2) is 6.92. The van der Waals surface area contributed by atoms with Gasteiger partial charge >= 0.3 is 6.09 Å². The third-order valence-corrected chi connectivity index (χ3v) is 3.75. The molecule has 4 nitrogen and oxygen atoms in total. The fourth-order valence-corrected chi connectivity index (χ4v) is 2.64. The van der Waals surface area contributed by atoms with Crippen molar-refractivity contribution in [3.8, 4) is 0 Å². The van der Waals surface area contributed by atoms with Gasteiger partial charge in [0.05, 0.1) is 16.6 Å². The minimum atomic E-state index is -0.554. The van der Waals surface area contributed by atoms with Gasteiger partial charge < -0.3 is 15.8 Å². The first-order chi connectivity index (χ1) is 8.46. The minimum Gasteiger partial charge on any atom is -0.447 e. The maximum absolute atomic E-state index is 11.8. The summed E-state index contributed by atoms with van der Waals surface area (Å²) in [5.41, 5.74) is 5.31. The van der Waals surface area contributed by atoms with Crippen molar-refractivity contribution in [1.82, 2.24) is 5.32 Å². The van der Waals surface area contributed by atoms with E-state index in [1.54, 1.807) is 0 Å². The van der Waals surface area contributed by atoms with Gasteiger partial charge in [0.15, 0.2) is 0 Å². The summed E-state index contributed by atoms with van der Waals surface area (Å²) in [4.78, 5) is 12.2. The molecule has 1 saturated carbocycles. The lowest BCUT2D eigenvalue weighted by molar-refractivity contribution is 0.107. The number of amides is 1. The number of nitrogens with one attached hydrogen (secondary N) is 1. The Balaban J connectivity index is 2.71. The number of carbonyl (C=O) groups excluding carboxylic acids is 1. The van der Waals surface area contributed by atoms with E-state index in [2.05, 4.69) is 5.32 Å². The van der Waals surface area contributed by atoms with Crippen LogP contribution in [0.4, 0.5) is 4.79 Å². The SMILES string of the molecule is CC(C)OC(=O)NC1(C(N)=S)CCCCCCC1. The number of hydrogen-bond acceptors (Lipinski definition) is 3. The van der Waals surface area contributed by atoms with Crippen molar-refractivity contribution < 1.29 is 9.53 Å².